The summed E-state index contributed by atoms with van der Waals surface area (Å²) in [5, 5.41) is 2.61. The van der Waals surface area contributed by atoms with Gasteiger partial charge >= 0.3 is 5.69 Å². The molecule has 0 aromatic carbocycles. The fourth-order valence-corrected chi connectivity index (χ4v) is 1.69. The van der Waals surface area contributed by atoms with Gasteiger partial charge in [-0.05, 0) is 13.3 Å². The summed E-state index contributed by atoms with van der Waals surface area (Å²) in [6.45, 7) is 2.74. The summed E-state index contributed by atoms with van der Waals surface area (Å²) in [5.41, 5.74) is 4.29. The Hall–Kier alpha value is -2.09. The van der Waals surface area contributed by atoms with Crippen molar-refractivity contribution in [3.05, 3.63) is 27.0 Å². The molecule has 0 bridgehead atoms. The van der Waals surface area contributed by atoms with Crippen LogP contribution >= 0.6 is 0 Å². The molecular weight excluding hydrogens is 264 g/mol. The van der Waals surface area contributed by atoms with Crippen LogP contribution in [0.5, 0.6) is 0 Å². The van der Waals surface area contributed by atoms with Gasteiger partial charge in [0.25, 0.3) is 5.56 Å². The summed E-state index contributed by atoms with van der Waals surface area (Å²) < 4.78 is 6.97. The molecule has 1 amide bonds. The molecule has 3 N–H and O–H groups in total. The SMILES string of the molecule is CCn1cc(N)c(=O)n(CC(=O)NCCCOC)c1=O. The van der Waals surface area contributed by atoms with E-state index in [1.807, 2.05) is 0 Å². The van der Waals surface area contributed by atoms with Crippen LogP contribution in [-0.2, 0) is 22.6 Å². The van der Waals surface area contributed by atoms with Gasteiger partial charge in [-0.3, -0.25) is 14.2 Å². The maximum Gasteiger partial charge on any atom is 0.331 e. The largest absolute Gasteiger partial charge is 0.393 e. The predicted octanol–water partition coefficient (Wildman–Crippen LogP) is -1.24. The smallest absolute Gasteiger partial charge is 0.331 e. The number of amides is 1. The van der Waals surface area contributed by atoms with Crippen molar-refractivity contribution in [3.8, 4) is 0 Å². The molecule has 0 aliphatic rings. The van der Waals surface area contributed by atoms with E-state index in [2.05, 4.69) is 5.32 Å². The minimum Gasteiger partial charge on any atom is -0.393 e. The van der Waals surface area contributed by atoms with Crippen molar-refractivity contribution < 1.29 is 9.53 Å². The molecule has 112 valence electrons. The zero-order chi connectivity index (χ0) is 15.1. The van der Waals surface area contributed by atoms with E-state index in [9.17, 15) is 14.4 Å². The highest BCUT2D eigenvalue weighted by atomic mass is 16.5. The lowest BCUT2D eigenvalue weighted by Crippen LogP contribution is -2.44. The Morgan fingerprint density at radius 1 is 1.45 bits per heavy atom. The number of anilines is 1. The molecule has 0 aliphatic heterocycles. The van der Waals surface area contributed by atoms with Crippen molar-refractivity contribution in [1.29, 1.82) is 0 Å². The molecule has 20 heavy (non-hydrogen) atoms. The van der Waals surface area contributed by atoms with Gasteiger partial charge in [0, 0.05) is 33.0 Å². The first-order valence-corrected chi connectivity index (χ1v) is 6.36. The van der Waals surface area contributed by atoms with Crippen molar-refractivity contribution >= 4 is 11.6 Å². The van der Waals surface area contributed by atoms with E-state index in [0.29, 0.717) is 26.1 Å². The van der Waals surface area contributed by atoms with Crippen molar-refractivity contribution in [3.63, 3.8) is 0 Å². The Balaban J connectivity index is 2.82. The van der Waals surface area contributed by atoms with Crippen LogP contribution in [0, 0.1) is 0 Å². The molecule has 1 aromatic rings. The second kappa shape index (κ2) is 7.49. The van der Waals surface area contributed by atoms with Crippen molar-refractivity contribution in [2.24, 2.45) is 0 Å². The lowest BCUT2D eigenvalue weighted by Gasteiger charge is -2.10. The van der Waals surface area contributed by atoms with Gasteiger partial charge in [-0.1, -0.05) is 0 Å². The van der Waals surface area contributed by atoms with Gasteiger partial charge in [-0.25, -0.2) is 9.36 Å². The molecule has 8 nitrogen and oxygen atoms in total. The Bertz CT molecular complexity index is 576. The zero-order valence-electron chi connectivity index (χ0n) is 11.7. The lowest BCUT2D eigenvalue weighted by molar-refractivity contribution is -0.121. The van der Waals surface area contributed by atoms with E-state index in [4.69, 9.17) is 10.5 Å². The van der Waals surface area contributed by atoms with Crippen LogP contribution in [0.1, 0.15) is 13.3 Å². The zero-order valence-corrected chi connectivity index (χ0v) is 11.7. The highest BCUT2D eigenvalue weighted by Crippen LogP contribution is 1.90. The number of ether oxygens (including phenoxy) is 1. The van der Waals surface area contributed by atoms with Crippen LogP contribution in [-0.4, -0.2) is 35.3 Å². The summed E-state index contributed by atoms with van der Waals surface area (Å²) in [7, 11) is 1.57. The first-order valence-electron chi connectivity index (χ1n) is 6.36. The molecule has 0 radical (unpaired) electrons. The first-order chi connectivity index (χ1) is 9.51. The molecule has 0 unspecified atom stereocenters. The molecule has 0 saturated heterocycles. The van der Waals surface area contributed by atoms with Gasteiger partial charge in [0.1, 0.15) is 12.2 Å². The van der Waals surface area contributed by atoms with Crippen LogP contribution in [0.25, 0.3) is 0 Å². The fourth-order valence-electron chi connectivity index (χ4n) is 1.69. The van der Waals surface area contributed by atoms with E-state index in [-0.39, 0.29) is 12.2 Å². The Labute approximate surface area is 116 Å². The quantitative estimate of drug-likeness (QED) is 0.609. The van der Waals surface area contributed by atoms with Crippen LogP contribution < -0.4 is 22.3 Å². The lowest BCUT2D eigenvalue weighted by atomic mass is 10.4. The third-order valence-electron chi connectivity index (χ3n) is 2.75. The maximum atomic E-state index is 12.0. The molecule has 0 saturated carbocycles. The van der Waals surface area contributed by atoms with Crippen LogP contribution in [0.3, 0.4) is 0 Å². The van der Waals surface area contributed by atoms with Gasteiger partial charge in [-0.15, -0.1) is 0 Å². The number of nitrogen functional groups attached to an aromatic ring is 1. The van der Waals surface area contributed by atoms with Gasteiger partial charge in [0.2, 0.25) is 5.91 Å². The maximum absolute atomic E-state index is 12.0. The van der Waals surface area contributed by atoms with E-state index in [0.717, 1.165) is 4.57 Å². The molecule has 0 aliphatic carbocycles. The van der Waals surface area contributed by atoms with E-state index in [1.54, 1.807) is 14.0 Å². The molecule has 0 fully saturated rings. The standard InChI is InChI=1S/C12H20N4O4/c1-3-15-7-9(13)11(18)16(12(15)19)8-10(17)14-5-4-6-20-2/h7H,3-6,8,13H2,1-2H3,(H,14,17). The average molecular weight is 284 g/mol. The Kier molecular flexibility index (Phi) is 5.98. The van der Waals surface area contributed by atoms with Crippen molar-refractivity contribution in [2.45, 2.75) is 26.4 Å². The fraction of sp³-hybridized carbons (Fsp3) is 0.583. The van der Waals surface area contributed by atoms with E-state index < -0.39 is 17.2 Å². The number of carbonyl (C=O) groups excluding carboxylic acids is 1. The van der Waals surface area contributed by atoms with Gasteiger partial charge in [-0.2, -0.15) is 0 Å². The molecule has 1 aromatic heterocycles. The first kappa shape index (κ1) is 16.0. The molecular formula is C12H20N4O4. The number of nitrogens with two attached hydrogens (primary N) is 1. The van der Waals surface area contributed by atoms with Gasteiger partial charge in [0.05, 0.1) is 0 Å². The highest BCUT2D eigenvalue weighted by Gasteiger charge is 2.11. The summed E-state index contributed by atoms with van der Waals surface area (Å²) in [5.74, 6) is -0.409. The normalized spacial score (nSPS) is 10.5. The second-order valence-corrected chi connectivity index (χ2v) is 4.24. The van der Waals surface area contributed by atoms with Crippen LogP contribution in [0.15, 0.2) is 15.8 Å². The Morgan fingerprint density at radius 3 is 2.75 bits per heavy atom. The number of carbonyl (C=O) groups is 1. The molecule has 0 spiro atoms. The number of methoxy groups -OCH3 is 1. The summed E-state index contributed by atoms with van der Waals surface area (Å²) >= 11 is 0. The van der Waals surface area contributed by atoms with E-state index in [1.165, 1.54) is 10.8 Å². The number of nitrogens with one attached hydrogen (secondary N) is 1. The highest BCUT2D eigenvalue weighted by molar-refractivity contribution is 5.75. The van der Waals surface area contributed by atoms with Crippen LogP contribution in [0.4, 0.5) is 5.69 Å². The second-order valence-electron chi connectivity index (χ2n) is 4.24. The topological polar surface area (TPSA) is 108 Å². The molecule has 0 atom stereocenters. The average Bonchev–Trinajstić information content (AvgIpc) is 2.43. The molecule has 1 heterocycles. The number of hydrogen-bond acceptors (Lipinski definition) is 5. The minimum atomic E-state index is -0.647. The minimum absolute atomic E-state index is 0.0568. The number of nitrogens with zero attached hydrogens (tertiary/aromatic N) is 2. The monoisotopic (exact) mass is 284 g/mol. The Morgan fingerprint density at radius 2 is 2.15 bits per heavy atom. The predicted molar refractivity (Wildman–Crippen MR) is 74.6 cm³/mol. The number of hydrogen-bond donors (Lipinski definition) is 2. The summed E-state index contributed by atoms with van der Waals surface area (Å²) in [6.07, 6.45) is 1.95. The van der Waals surface area contributed by atoms with Crippen molar-refractivity contribution in [2.75, 3.05) is 26.0 Å². The van der Waals surface area contributed by atoms with Gasteiger partial charge in [0.15, 0.2) is 0 Å². The van der Waals surface area contributed by atoms with Gasteiger partial charge < -0.3 is 15.8 Å². The number of aryl methyl sites for hydroxylation is 1. The van der Waals surface area contributed by atoms with Crippen LogP contribution in [0.2, 0.25) is 0 Å². The van der Waals surface area contributed by atoms with Crippen molar-refractivity contribution in [1.82, 2.24) is 14.5 Å². The molecule has 1 rings (SSSR count). The summed E-state index contributed by atoms with van der Waals surface area (Å²) in [4.78, 5) is 35.4. The molecule has 8 heteroatoms. The number of aromatic nitrogens is 2. The third kappa shape index (κ3) is 3.95. The summed E-state index contributed by atoms with van der Waals surface area (Å²) in [6, 6.07) is 0. The number of rotatable bonds is 7. The van der Waals surface area contributed by atoms with E-state index >= 15 is 0 Å². The third-order valence-corrected chi connectivity index (χ3v) is 2.75.